The van der Waals surface area contributed by atoms with Gasteiger partial charge in [-0.3, -0.25) is 48.6 Å². The van der Waals surface area contributed by atoms with Crippen LogP contribution in [0.5, 0.6) is 23.0 Å². The van der Waals surface area contributed by atoms with Crippen LogP contribution in [0.25, 0.3) is 0 Å². The van der Waals surface area contributed by atoms with Crippen LogP contribution in [0.15, 0.2) is 101 Å². The van der Waals surface area contributed by atoms with Crippen molar-refractivity contribution in [3.8, 4) is 23.0 Å². The summed E-state index contributed by atoms with van der Waals surface area (Å²) in [6.45, 7) is 2.97. The number of methoxy groups -OCH3 is 2. The van der Waals surface area contributed by atoms with Crippen molar-refractivity contribution < 1.29 is 47.7 Å². The van der Waals surface area contributed by atoms with Crippen molar-refractivity contribution in [2.24, 2.45) is 15.7 Å². The lowest BCUT2D eigenvalue weighted by Crippen LogP contribution is -2.50. The number of carbonyl (C=O) groups excluding carboxylic acids is 6. The molecule has 72 heavy (non-hydrogen) atoms. The Kier molecular flexibility index (Phi) is 14.0. The van der Waals surface area contributed by atoms with Crippen molar-refractivity contribution >= 4 is 76.3 Å². The van der Waals surface area contributed by atoms with Crippen LogP contribution in [0.4, 0.5) is 28.4 Å². The lowest BCUT2D eigenvalue weighted by atomic mass is 10.1. The van der Waals surface area contributed by atoms with Gasteiger partial charge < -0.3 is 40.6 Å². The number of nitrogens with zero attached hydrogens (tertiary/aromatic N) is 4. The maximum absolute atomic E-state index is 14.1. The minimum atomic E-state index is -1.03. The first-order valence-electron chi connectivity index (χ1n) is 23.7. The van der Waals surface area contributed by atoms with E-state index in [1.54, 1.807) is 58.6 Å². The first-order chi connectivity index (χ1) is 34.8. The molecule has 0 saturated carbocycles. The smallest absolute Gasteiger partial charge is 0.261 e. The zero-order chi connectivity index (χ0) is 50.6. The fraction of sp³-hybridized carbons (Fsp3) is 0.296. The van der Waals surface area contributed by atoms with E-state index in [4.69, 9.17) is 34.7 Å². The van der Waals surface area contributed by atoms with Crippen LogP contribution >= 0.6 is 0 Å². The Bertz CT molecular complexity index is 2900. The molecule has 5 N–H and O–H groups in total. The van der Waals surface area contributed by atoms with Crippen LogP contribution in [0, 0.1) is 0 Å². The van der Waals surface area contributed by atoms with Gasteiger partial charge in [0, 0.05) is 67.3 Å². The zero-order valence-corrected chi connectivity index (χ0v) is 40.2. The molecule has 0 aliphatic carbocycles. The number of ether oxygens (including phenoxy) is 4. The molecule has 5 aromatic rings. The number of hydrogen-bond donors (Lipinski definition) is 4. The molecule has 4 aliphatic rings. The largest absolute Gasteiger partial charge is 0.493 e. The Labute approximate surface area is 415 Å². The van der Waals surface area contributed by atoms with Crippen molar-refractivity contribution in [1.29, 1.82) is 0 Å². The Hall–Kier alpha value is -8.54. The van der Waals surface area contributed by atoms with Crippen molar-refractivity contribution in [3.05, 3.63) is 124 Å². The number of nitrogens with one attached hydrogen (secondary N) is 3. The van der Waals surface area contributed by atoms with E-state index in [0.29, 0.717) is 88.0 Å². The van der Waals surface area contributed by atoms with Gasteiger partial charge in [-0.2, -0.15) is 0 Å². The molecule has 0 unspecified atom stereocenters. The molecule has 18 heteroatoms. The fourth-order valence-corrected chi connectivity index (χ4v) is 9.32. The lowest BCUT2D eigenvalue weighted by molar-refractivity contribution is -0.130. The average molecular weight is 975 g/mol. The molecule has 370 valence electrons. The number of primary amides is 1. The van der Waals surface area contributed by atoms with E-state index >= 15 is 0 Å². The van der Waals surface area contributed by atoms with Crippen molar-refractivity contribution in [1.82, 2.24) is 10.6 Å². The maximum Gasteiger partial charge on any atom is 0.261 e. The van der Waals surface area contributed by atoms with E-state index in [0.717, 1.165) is 22.5 Å². The van der Waals surface area contributed by atoms with E-state index in [9.17, 15) is 28.8 Å². The van der Waals surface area contributed by atoms with Crippen LogP contribution in [-0.4, -0.2) is 86.3 Å². The first-order valence-corrected chi connectivity index (χ1v) is 23.7. The molecule has 6 amide bonds. The summed E-state index contributed by atoms with van der Waals surface area (Å²) in [6, 6.07) is 25.0. The Balaban J connectivity index is 0.942. The summed E-state index contributed by atoms with van der Waals surface area (Å²) in [6.07, 6.45) is 5.99. The average Bonchev–Trinajstić information content (AvgIpc) is 3.86. The van der Waals surface area contributed by atoms with Gasteiger partial charge in [-0.05, 0) is 91.4 Å². The van der Waals surface area contributed by atoms with Crippen LogP contribution in [0.3, 0.4) is 0 Å². The predicted octanol–water partition coefficient (Wildman–Crippen LogP) is 6.43. The van der Waals surface area contributed by atoms with E-state index in [1.807, 2.05) is 54.6 Å². The standard InChI is InChI=1S/C54H54N8O10/c1-30(58-50(64)16-10-9-15-49(55)63)51(65)59-31(2)52(66)60-36-18-32(28-71-47-24-41-39(22-45(47)69-3)53(67)61-37(26-56-41)20-34-11-5-7-13-43(34)61)17-33(19-36)29-72-48-25-42-40(23-46(48)70-4)54(68)62-38(27-57-42)21-35-12-6-8-14-44(35)62/h5-8,11-14,17-19,22-27,30-31,37-38H,9-10,15-16,20-21,28-29H2,1-4H3,(H2,55,63)(H,58,64)(H,59,65)(H,60,66)/t30-,31+,37-,38-/m0/s1. The topological polar surface area (TPSA) is 233 Å². The normalized spacial score (nSPS) is 16.6. The summed E-state index contributed by atoms with van der Waals surface area (Å²) < 4.78 is 24.3. The lowest BCUT2D eigenvalue weighted by Gasteiger charge is -2.22. The Morgan fingerprint density at radius 2 is 1.12 bits per heavy atom. The third kappa shape index (κ3) is 10.2. The zero-order valence-electron chi connectivity index (χ0n) is 40.2. The minimum Gasteiger partial charge on any atom is -0.493 e. The summed E-state index contributed by atoms with van der Waals surface area (Å²) in [4.78, 5) is 91.4. The van der Waals surface area contributed by atoms with Gasteiger partial charge in [-0.25, -0.2) is 0 Å². The molecule has 0 saturated heterocycles. The number of rotatable bonds is 18. The van der Waals surface area contributed by atoms with Crippen molar-refractivity contribution in [3.63, 3.8) is 0 Å². The third-order valence-electron chi connectivity index (χ3n) is 13.0. The van der Waals surface area contributed by atoms with Gasteiger partial charge in [0.2, 0.25) is 23.6 Å². The highest BCUT2D eigenvalue weighted by molar-refractivity contribution is 6.16. The van der Waals surface area contributed by atoms with Gasteiger partial charge in [-0.15, -0.1) is 0 Å². The monoisotopic (exact) mass is 974 g/mol. The Morgan fingerprint density at radius 3 is 1.62 bits per heavy atom. The Morgan fingerprint density at radius 1 is 0.639 bits per heavy atom. The second-order valence-corrected chi connectivity index (χ2v) is 18.0. The molecule has 0 spiro atoms. The molecule has 4 atom stereocenters. The molecule has 4 heterocycles. The molecule has 0 fully saturated rings. The van der Waals surface area contributed by atoms with E-state index in [1.165, 1.54) is 28.1 Å². The van der Waals surface area contributed by atoms with Gasteiger partial charge in [0.25, 0.3) is 11.8 Å². The van der Waals surface area contributed by atoms with Crippen molar-refractivity contribution in [2.75, 3.05) is 29.3 Å². The quantitative estimate of drug-likeness (QED) is 0.0703. The number of nitrogens with two attached hydrogens (primary N) is 1. The number of benzene rings is 5. The highest BCUT2D eigenvalue weighted by atomic mass is 16.5. The van der Waals surface area contributed by atoms with E-state index in [2.05, 4.69) is 16.0 Å². The molecule has 0 aromatic heterocycles. The molecule has 0 radical (unpaired) electrons. The number of fused-ring (bicyclic) bond motifs is 8. The summed E-state index contributed by atoms with van der Waals surface area (Å²) in [5, 5.41) is 8.16. The van der Waals surface area contributed by atoms with Crippen molar-refractivity contribution in [2.45, 2.75) is 89.8 Å². The summed E-state index contributed by atoms with van der Waals surface area (Å²) in [7, 11) is 2.98. The third-order valence-corrected chi connectivity index (χ3v) is 13.0. The van der Waals surface area contributed by atoms with Crippen LogP contribution in [0.2, 0.25) is 0 Å². The number of unbranched alkanes of at least 4 members (excludes halogenated alkanes) is 1. The predicted molar refractivity (Wildman–Crippen MR) is 270 cm³/mol. The number of anilines is 3. The summed E-state index contributed by atoms with van der Waals surface area (Å²) >= 11 is 0. The highest BCUT2D eigenvalue weighted by Crippen LogP contribution is 2.43. The van der Waals surface area contributed by atoms with Gasteiger partial charge in [-0.1, -0.05) is 36.4 Å². The van der Waals surface area contributed by atoms with Crippen LogP contribution < -0.4 is 50.4 Å². The number of hydrogen-bond acceptors (Lipinski definition) is 12. The van der Waals surface area contributed by atoms with Gasteiger partial charge in [0.05, 0.1) is 48.8 Å². The summed E-state index contributed by atoms with van der Waals surface area (Å²) in [5.74, 6) is -1.07. The number of carbonyl (C=O) groups is 6. The highest BCUT2D eigenvalue weighted by Gasteiger charge is 2.38. The second-order valence-electron chi connectivity index (χ2n) is 18.0. The van der Waals surface area contributed by atoms with Gasteiger partial charge in [0.15, 0.2) is 23.0 Å². The molecular formula is C54H54N8O10. The van der Waals surface area contributed by atoms with E-state index < -0.39 is 29.8 Å². The maximum atomic E-state index is 14.1. The number of aliphatic imine (C=N–C) groups is 2. The molecule has 18 nitrogen and oxygen atoms in total. The minimum absolute atomic E-state index is 0.0303. The molecule has 9 rings (SSSR count). The van der Waals surface area contributed by atoms with Gasteiger partial charge in [0.1, 0.15) is 25.3 Å². The second kappa shape index (κ2) is 20.8. The SMILES string of the molecule is COc1cc2c(cc1OCc1cc(COc3cc4c(cc3OC)C(=O)N3c5ccccc5C[C@H]3C=N4)cc(NC(=O)[C@@H](C)NC(=O)[C@H](C)NC(=O)CCCCC(N)=O)c1)N=C[C@@H]1Cc3ccccc3N1C2=O. The molecule has 4 aliphatic heterocycles. The molecule has 5 aromatic carbocycles. The van der Waals surface area contributed by atoms with Crippen LogP contribution in [-0.2, 0) is 45.2 Å². The van der Waals surface area contributed by atoms with E-state index in [-0.39, 0.29) is 55.9 Å². The first kappa shape index (κ1) is 48.5. The fourth-order valence-electron chi connectivity index (χ4n) is 9.32. The number of para-hydroxylation sites is 2. The van der Waals surface area contributed by atoms with Crippen LogP contribution in [0.1, 0.15) is 82.5 Å². The number of amides is 6. The molecular weight excluding hydrogens is 921 g/mol. The summed E-state index contributed by atoms with van der Waals surface area (Å²) in [5.41, 5.74) is 12.1. The molecule has 0 bridgehead atoms. The van der Waals surface area contributed by atoms with Gasteiger partial charge >= 0.3 is 0 Å².